The largest absolute Gasteiger partial charge is 0.445 e. The van der Waals surface area contributed by atoms with E-state index in [4.69, 9.17) is 4.74 Å². The van der Waals surface area contributed by atoms with Gasteiger partial charge in [-0.2, -0.15) is 0 Å². The summed E-state index contributed by atoms with van der Waals surface area (Å²) in [4.78, 5) is 14.0. The standard InChI is InChI=1S/C15H22N2O2/c1-11-4-6-14(7-5-11)10-19-15(18)17-12(2)8-16-9-13(17)3/h4-7,12-13,16H,8-10H2,1-3H3. The van der Waals surface area contributed by atoms with Crippen molar-refractivity contribution in [3.63, 3.8) is 0 Å². The van der Waals surface area contributed by atoms with Crippen molar-refractivity contribution in [2.45, 2.75) is 39.5 Å². The second-order valence-electron chi connectivity index (χ2n) is 5.30. The Morgan fingerprint density at radius 1 is 1.26 bits per heavy atom. The van der Waals surface area contributed by atoms with Crippen LogP contribution in [-0.4, -0.2) is 36.2 Å². The van der Waals surface area contributed by atoms with Crippen molar-refractivity contribution < 1.29 is 9.53 Å². The van der Waals surface area contributed by atoms with Crippen molar-refractivity contribution >= 4 is 6.09 Å². The molecule has 104 valence electrons. The van der Waals surface area contributed by atoms with Gasteiger partial charge in [-0.25, -0.2) is 4.79 Å². The van der Waals surface area contributed by atoms with E-state index in [1.165, 1.54) is 5.56 Å². The van der Waals surface area contributed by atoms with Gasteiger partial charge >= 0.3 is 6.09 Å². The zero-order valence-electron chi connectivity index (χ0n) is 11.8. The lowest BCUT2D eigenvalue weighted by Crippen LogP contribution is -2.57. The fraction of sp³-hybridized carbons (Fsp3) is 0.533. The minimum Gasteiger partial charge on any atom is -0.445 e. The molecular formula is C15H22N2O2. The number of carbonyl (C=O) groups excluding carboxylic acids is 1. The SMILES string of the molecule is Cc1ccc(COC(=O)N2C(C)CNCC2C)cc1. The van der Waals surface area contributed by atoms with Crippen LogP contribution in [-0.2, 0) is 11.3 Å². The highest BCUT2D eigenvalue weighted by molar-refractivity contribution is 5.68. The predicted octanol–water partition coefficient (Wildman–Crippen LogP) is 2.31. The van der Waals surface area contributed by atoms with Crippen molar-refractivity contribution in [1.29, 1.82) is 0 Å². The van der Waals surface area contributed by atoms with Gasteiger partial charge in [0.05, 0.1) is 0 Å². The number of rotatable bonds is 2. The molecule has 0 radical (unpaired) electrons. The Kier molecular flexibility index (Phi) is 4.43. The molecule has 1 aromatic carbocycles. The minimum atomic E-state index is -0.220. The van der Waals surface area contributed by atoms with E-state index in [9.17, 15) is 4.79 Å². The number of hydrogen-bond acceptors (Lipinski definition) is 3. The molecule has 2 unspecified atom stereocenters. The fourth-order valence-corrected chi connectivity index (χ4v) is 2.40. The number of piperazine rings is 1. The van der Waals surface area contributed by atoms with Gasteiger partial charge in [0.1, 0.15) is 6.61 Å². The van der Waals surface area contributed by atoms with E-state index in [2.05, 4.69) is 5.32 Å². The van der Waals surface area contributed by atoms with Crippen LogP contribution in [0.15, 0.2) is 24.3 Å². The average Bonchev–Trinajstić information content (AvgIpc) is 2.38. The third kappa shape index (κ3) is 3.47. The summed E-state index contributed by atoms with van der Waals surface area (Å²) in [5, 5.41) is 3.30. The average molecular weight is 262 g/mol. The van der Waals surface area contributed by atoms with Crippen LogP contribution in [0.3, 0.4) is 0 Å². The van der Waals surface area contributed by atoms with Crippen LogP contribution in [0.5, 0.6) is 0 Å². The molecule has 0 spiro atoms. The van der Waals surface area contributed by atoms with Crippen LogP contribution in [0.4, 0.5) is 4.79 Å². The van der Waals surface area contributed by atoms with Crippen molar-refractivity contribution in [3.8, 4) is 0 Å². The lowest BCUT2D eigenvalue weighted by atomic mass is 10.1. The summed E-state index contributed by atoms with van der Waals surface area (Å²) in [7, 11) is 0. The Hall–Kier alpha value is -1.55. The first-order valence-electron chi connectivity index (χ1n) is 6.79. The normalized spacial score (nSPS) is 23.2. The van der Waals surface area contributed by atoms with Gasteiger partial charge in [-0.05, 0) is 26.3 Å². The molecule has 4 heteroatoms. The first-order valence-corrected chi connectivity index (χ1v) is 6.79. The van der Waals surface area contributed by atoms with E-state index < -0.39 is 0 Å². The molecule has 2 atom stereocenters. The molecule has 0 aliphatic carbocycles. The molecule has 1 N–H and O–H groups in total. The second-order valence-corrected chi connectivity index (χ2v) is 5.30. The number of nitrogens with one attached hydrogen (secondary N) is 1. The van der Waals surface area contributed by atoms with Gasteiger partial charge in [-0.15, -0.1) is 0 Å². The molecule has 1 aliphatic heterocycles. The molecular weight excluding hydrogens is 240 g/mol. The molecule has 0 saturated carbocycles. The highest BCUT2D eigenvalue weighted by Gasteiger charge is 2.29. The minimum absolute atomic E-state index is 0.175. The van der Waals surface area contributed by atoms with E-state index >= 15 is 0 Å². The molecule has 1 amide bonds. The Balaban J connectivity index is 1.91. The Morgan fingerprint density at radius 3 is 2.42 bits per heavy atom. The van der Waals surface area contributed by atoms with Crippen molar-refractivity contribution in [2.24, 2.45) is 0 Å². The molecule has 1 aromatic rings. The number of benzene rings is 1. The molecule has 2 rings (SSSR count). The van der Waals surface area contributed by atoms with Crippen LogP contribution in [0, 0.1) is 6.92 Å². The highest BCUT2D eigenvalue weighted by atomic mass is 16.6. The number of carbonyl (C=O) groups is 1. The molecule has 19 heavy (non-hydrogen) atoms. The number of nitrogens with zero attached hydrogens (tertiary/aromatic N) is 1. The van der Waals surface area contributed by atoms with Crippen molar-refractivity contribution in [3.05, 3.63) is 35.4 Å². The van der Waals surface area contributed by atoms with Gasteiger partial charge in [0.25, 0.3) is 0 Å². The lowest BCUT2D eigenvalue weighted by Gasteiger charge is -2.38. The van der Waals surface area contributed by atoms with Crippen LogP contribution < -0.4 is 5.32 Å². The van der Waals surface area contributed by atoms with Crippen LogP contribution in [0.25, 0.3) is 0 Å². The second kappa shape index (κ2) is 6.06. The van der Waals surface area contributed by atoms with Crippen molar-refractivity contribution in [2.75, 3.05) is 13.1 Å². The third-order valence-electron chi connectivity index (χ3n) is 3.52. The first kappa shape index (κ1) is 13.9. The number of aryl methyl sites for hydroxylation is 1. The summed E-state index contributed by atoms with van der Waals surface area (Å²) in [6.45, 7) is 8.10. The fourth-order valence-electron chi connectivity index (χ4n) is 2.40. The highest BCUT2D eigenvalue weighted by Crippen LogP contribution is 2.13. The first-order chi connectivity index (χ1) is 9.08. The van der Waals surface area contributed by atoms with Gasteiger partial charge in [0, 0.05) is 25.2 Å². The molecule has 4 nitrogen and oxygen atoms in total. The maximum absolute atomic E-state index is 12.1. The van der Waals surface area contributed by atoms with Crippen LogP contribution >= 0.6 is 0 Å². The van der Waals surface area contributed by atoms with Gasteiger partial charge in [-0.3, -0.25) is 0 Å². The van der Waals surface area contributed by atoms with Crippen LogP contribution in [0.2, 0.25) is 0 Å². The quantitative estimate of drug-likeness (QED) is 0.889. The van der Waals surface area contributed by atoms with E-state index in [1.54, 1.807) is 0 Å². The van der Waals surface area contributed by atoms with E-state index in [-0.39, 0.29) is 18.2 Å². The summed E-state index contributed by atoms with van der Waals surface area (Å²) >= 11 is 0. The molecule has 0 bridgehead atoms. The molecule has 1 fully saturated rings. The van der Waals surface area contributed by atoms with Gasteiger partial charge in [0.2, 0.25) is 0 Å². The van der Waals surface area contributed by atoms with Gasteiger partial charge in [0.15, 0.2) is 0 Å². The number of ether oxygens (including phenoxy) is 1. The number of hydrogen-bond donors (Lipinski definition) is 1. The lowest BCUT2D eigenvalue weighted by molar-refractivity contribution is 0.0564. The maximum Gasteiger partial charge on any atom is 0.410 e. The molecule has 1 saturated heterocycles. The molecule has 0 aromatic heterocycles. The molecule has 1 aliphatic rings. The summed E-state index contributed by atoms with van der Waals surface area (Å²) in [5.41, 5.74) is 2.23. The van der Waals surface area contributed by atoms with Crippen molar-refractivity contribution in [1.82, 2.24) is 10.2 Å². The monoisotopic (exact) mass is 262 g/mol. The summed E-state index contributed by atoms with van der Waals surface area (Å²) < 4.78 is 5.41. The Labute approximate surface area is 114 Å². The zero-order chi connectivity index (χ0) is 13.8. The predicted molar refractivity (Wildman–Crippen MR) is 75.0 cm³/mol. The summed E-state index contributed by atoms with van der Waals surface area (Å²) in [6.07, 6.45) is -0.220. The third-order valence-corrected chi connectivity index (χ3v) is 3.52. The zero-order valence-corrected chi connectivity index (χ0v) is 11.8. The smallest absolute Gasteiger partial charge is 0.410 e. The summed E-state index contributed by atoms with van der Waals surface area (Å²) in [5.74, 6) is 0. The van der Waals surface area contributed by atoms with Gasteiger partial charge in [-0.1, -0.05) is 29.8 Å². The Bertz CT molecular complexity index is 420. The van der Waals surface area contributed by atoms with E-state index in [0.29, 0.717) is 6.61 Å². The Morgan fingerprint density at radius 2 is 1.84 bits per heavy atom. The van der Waals surface area contributed by atoms with Gasteiger partial charge < -0.3 is 15.0 Å². The topological polar surface area (TPSA) is 41.6 Å². The number of amides is 1. The van der Waals surface area contributed by atoms with E-state index in [1.807, 2.05) is 49.9 Å². The maximum atomic E-state index is 12.1. The van der Waals surface area contributed by atoms with Crippen LogP contribution in [0.1, 0.15) is 25.0 Å². The summed E-state index contributed by atoms with van der Waals surface area (Å²) in [6, 6.07) is 8.39. The molecule has 1 heterocycles. The van der Waals surface area contributed by atoms with E-state index in [0.717, 1.165) is 18.7 Å².